The number of hydrogen-bond acceptors (Lipinski definition) is 3. The van der Waals surface area contributed by atoms with Crippen LogP contribution in [-0.2, 0) is 0 Å². The predicted molar refractivity (Wildman–Crippen MR) is 195 cm³/mol. The van der Waals surface area contributed by atoms with E-state index in [0.717, 1.165) is 66.5 Å². The lowest BCUT2D eigenvalue weighted by Crippen LogP contribution is -1.99. The molecule has 4 N–H and O–H groups in total. The highest BCUT2D eigenvalue weighted by molar-refractivity contribution is 6.15. The van der Waals surface area contributed by atoms with Crippen LogP contribution in [0.5, 0.6) is 0 Å². The van der Waals surface area contributed by atoms with Crippen LogP contribution in [-0.4, -0.2) is 15.9 Å². The third-order valence-corrected chi connectivity index (χ3v) is 8.81. The molecule has 0 radical (unpaired) electrons. The fourth-order valence-electron chi connectivity index (χ4n) is 6.69. The molecular formula is C42H32N4. The molecule has 0 aliphatic rings. The molecule has 6 aromatic carbocycles. The van der Waals surface area contributed by atoms with E-state index in [1.807, 2.05) is 12.1 Å². The first-order chi connectivity index (χ1) is 22.7. The molecule has 0 fully saturated rings. The van der Waals surface area contributed by atoms with E-state index in [2.05, 4.69) is 150 Å². The lowest BCUT2D eigenvalue weighted by molar-refractivity contribution is 1.26. The van der Waals surface area contributed by atoms with E-state index in [-0.39, 0.29) is 0 Å². The fraction of sp³-hybridized carbons (Fsp3) is 0.0238. The summed E-state index contributed by atoms with van der Waals surface area (Å²) in [5.74, 6) is 0. The highest BCUT2D eigenvalue weighted by Gasteiger charge is 2.19. The number of rotatable bonds is 6. The number of pyridine rings is 1. The molecule has 4 nitrogen and oxygen atoms in total. The molecule has 0 bridgehead atoms. The number of nitrogen functional groups attached to an aromatic ring is 1. The van der Waals surface area contributed by atoms with Crippen LogP contribution in [0.4, 0.5) is 5.69 Å². The SMILES string of the molecule is NC/C=C(\C=C(c1ccccc1)c1ccccc1-c1ccc2c(nc3c4ccccc4c4ccccc4n23)c1N)c1ccccc1. The van der Waals surface area contributed by atoms with Crippen molar-refractivity contribution in [1.29, 1.82) is 0 Å². The third kappa shape index (κ3) is 4.55. The molecule has 4 heteroatoms. The van der Waals surface area contributed by atoms with Gasteiger partial charge in [-0.1, -0.05) is 140 Å². The van der Waals surface area contributed by atoms with E-state index in [9.17, 15) is 0 Å². The smallest absolute Gasteiger partial charge is 0.146 e. The van der Waals surface area contributed by atoms with Crippen LogP contribution in [0, 0.1) is 0 Å². The summed E-state index contributed by atoms with van der Waals surface area (Å²) in [6.45, 7) is 0.436. The third-order valence-electron chi connectivity index (χ3n) is 8.81. The van der Waals surface area contributed by atoms with Crippen LogP contribution in [0.15, 0.2) is 158 Å². The van der Waals surface area contributed by atoms with Gasteiger partial charge in [0.1, 0.15) is 11.2 Å². The van der Waals surface area contributed by atoms with Gasteiger partial charge in [0.25, 0.3) is 0 Å². The number of anilines is 1. The lowest BCUT2D eigenvalue weighted by atomic mass is 9.88. The van der Waals surface area contributed by atoms with E-state index in [0.29, 0.717) is 12.2 Å². The minimum atomic E-state index is 0.436. The number of hydrogen-bond donors (Lipinski definition) is 2. The van der Waals surface area contributed by atoms with Crippen molar-refractivity contribution in [1.82, 2.24) is 9.38 Å². The summed E-state index contributed by atoms with van der Waals surface area (Å²) < 4.78 is 2.25. The summed E-state index contributed by atoms with van der Waals surface area (Å²) in [6, 6.07) is 50.6. The zero-order valence-electron chi connectivity index (χ0n) is 25.3. The maximum absolute atomic E-state index is 7.13. The van der Waals surface area contributed by atoms with Gasteiger partial charge in [-0.05, 0) is 57.0 Å². The highest BCUT2D eigenvalue weighted by atomic mass is 15.0. The molecule has 0 saturated carbocycles. The Labute approximate surface area is 267 Å². The number of imidazole rings is 1. The topological polar surface area (TPSA) is 69.3 Å². The van der Waals surface area contributed by atoms with Crippen LogP contribution in [0.2, 0.25) is 0 Å². The summed E-state index contributed by atoms with van der Waals surface area (Å²) in [5.41, 5.74) is 25.1. The van der Waals surface area contributed by atoms with Crippen LogP contribution in [0.3, 0.4) is 0 Å². The van der Waals surface area contributed by atoms with E-state index < -0.39 is 0 Å². The normalized spacial score (nSPS) is 12.5. The molecule has 8 aromatic rings. The molecule has 0 aliphatic heterocycles. The van der Waals surface area contributed by atoms with Crippen molar-refractivity contribution >= 4 is 55.2 Å². The maximum Gasteiger partial charge on any atom is 0.146 e. The molecule has 0 unspecified atom stereocenters. The Hall–Kier alpha value is -5.97. The molecule has 220 valence electrons. The Morgan fingerprint density at radius 1 is 0.587 bits per heavy atom. The second-order valence-electron chi connectivity index (χ2n) is 11.5. The van der Waals surface area contributed by atoms with Gasteiger partial charge in [-0.15, -0.1) is 0 Å². The van der Waals surface area contributed by atoms with Crippen LogP contribution < -0.4 is 11.5 Å². The zero-order valence-corrected chi connectivity index (χ0v) is 25.3. The van der Waals surface area contributed by atoms with E-state index >= 15 is 0 Å². The Bertz CT molecular complexity index is 2450. The molecule has 0 aliphatic carbocycles. The molecule has 8 rings (SSSR count). The van der Waals surface area contributed by atoms with E-state index in [1.54, 1.807) is 0 Å². The molecule has 0 atom stereocenters. The van der Waals surface area contributed by atoms with Crippen molar-refractivity contribution in [2.24, 2.45) is 5.73 Å². The van der Waals surface area contributed by atoms with Gasteiger partial charge in [0.15, 0.2) is 0 Å². The van der Waals surface area contributed by atoms with Crippen molar-refractivity contribution in [2.75, 3.05) is 12.3 Å². The Morgan fingerprint density at radius 2 is 1.22 bits per heavy atom. The Morgan fingerprint density at radius 3 is 1.98 bits per heavy atom. The van der Waals surface area contributed by atoms with Crippen molar-refractivity contribution in [2.45, 2.75) is 0 Å². The summed E-state index contributed by atoms with van der Waals surface area (Å²) in [6.07, 6.45) is 4.32. The van der Waals surface area contributed by atoms with Gasteiger partial charge in [-0.3, -0.25) is 4.40 Å². The standard InChI is InChI=1S/C42H32N4/c43-26-25-30(28-13-3-1-4-14-28)27-37(29-15-5-2-6-16-29)32-18-8-7-17-31(32)35-23-24-39-41(40(35)44)45-42-36-21-10-9-19-33(36)34-20-11-12-22-38(34)46(39)42/h1-25,27H,26,43-44H2/b30-25+,37-27?. The zero-order chi connectivity index (χ0) is 31.0. The van der Waals surface area contributed by atoms with Gasteiger partial charge in [0, 0.05) is 22.9 Å². The van der Waals surface area contributed by atoms with Crippen LogP contribution in [0.1, 0.15) is 16.7 Å². The molecule has 2 heterocycles. The minimum Gasteiger partial charge on any atom is -0.396 e. The Balaban J connectivity index is 1.38. The molecule has 46 heavy (non-hydrogen) atoms. The van der Waals surface area contributed by atoms with Gasteiger partial charge in [-0.2, -0.15) is 0 Å². The van der Waals surface area contributed by atoms with Crippen molar-refractivity contribution in [3.8, 4) is 11.1 Å². The highest BCUT2D eigenvalue weighted by Crippen LogP contribution is 2.41. The van der Waals surface area contributed by atoms with Gasteiger partial charge in [0.05, 0.1) is 16.7 Å². The molecule has 0 amide bonds. The predicted octanol–water partition coefficient (Wildman–Crippen LogP) is 9.52. The van der Waals surface area contributed by atoms with Crippen molar-refractivity contribution in [3.63, 3.8) is 0 Å². The quantitative estimate of drug-likeness (QED) is 0.115. The van der Waals surface area contributed by atoms with Gasteiger partial charge in [0.2, 0.25) is 0 Å². The second kappa shape index (κ2) is 11.5. The number of benzene rings is 6. The monoisotopic (exact) mass is 592 g/mol. The minimum absolute atomic E-state index is 0.436. The lowest BCUT2D eigenvalue weighted by Gasteiger charge is -2.17. The van der Waals surface area contributed by atoms with Gasteiger partial charge in [-0.25, -0.2) is 4.98 Å². The summed E-state index contributed by atoms with van der Waals surface area (Å²) >= 11 is 0. The molecule has 0 saturated heterocycles. The number of para-hydroxylation sites is 1. The fourth-order valence-corrected chi connectivity index (χ4v) is 6.69. The summed E-state index contributed by atoms with van der Waals surface area (Å²) in [4.78, 5) is 5.22. The molecule has 2 aromatic heterocycles. The average molecular weight is 593 g/mol. The summed E-state index contributed by atoms with van der Waals surface area (Å²) in [5, 5.41) is 3.48. The summed E-state index contributed by atoms with van der Waals surface area (Å²) in [7, 11) is 0. The number of fused-ring (bicyclic) bond motifs is 8. The number of aromatic nitrogens is 2. The number of allylic oxidation sites excluding steroid dienone is 2. The maximum atomic E-state index is 7.13. The average Bonchev–Trinajstić information content (AvgIpc) is 3.52. The molecule has 0 spiro atoms. The first kappa shape index (κ1) is 27.6. The number of nitrogens with zero attached hydrogens (tertiary/aromatic N) is 2. The second-order valence-corrected chi connectivity index (χ2v) is 11.5. The number of nitrogens with two attached hydrogens (primary N) is 2. The van der Waals surface area contributed by atoms with E-state index in [4.69, 9.17) is 16.5 Å². The Kier molecular flexibility index (Phi) is 6.90. The largest absolute Gasteiger partial charge is 0.396 e. The van der Waals surface area contributed by atoms with Crippen LogP contribution in [0.25, 0.3) is 60.6 Å². The van der Waals surface area contributed by atoms with Gasteiger partial charge < -0.3 is 11.5 Å². The van der Waals surface area contributed by atoms with E-state index in [1.165, 1.54) is 10.8 Å². The van der Waals surface area contributed by atoms with Gasteiger partial charge >= 0.3 is 0 Å². The van der Waals surface area contributed by atoms with Crippen LogP contribution >= 0.6 is 0 Å². The molecular weight excluding hydrogens is 560 g/mol. The first-order valence-electron chi connectivity index (χ1n) is 15.6. The first-order valence-corrected chi connectivity index (χ1v) is 15.6. The van der Waals surface area contributed by atoms with Crippen molar-refractivity contribution in [3.05, 3.63) is 174 Å². The van der Waals surface area contributed by atoms with Crippen molar-refractivity contribution < 1.29 is 0 Å².